The first-order chi connectivity index (χ1) is 7.77. The largest absolute Gasteiger partial charge is 0.476 e. The molecule has 80 valence electrons. The van der Waals surface area contributed by atoms with Crippen molar-refractivity contribution in [2.75, 3.05) is 5.32 Å². The highest BCUT2D eigenvalue weighted by Crippen LogP contribution is 2.34. The second-order valence-corrected chi connectivity index (χ2v) is 3.48. The molecule has 0 aliphatic carbocycles. The van der Waals surface area contributed by atoms with E-state index in [0.29, 0.717) is 17.9 Å². The lowest BCUT2D eigenvalue weighted by Crippen LogP contribution is -2.11. The number of carboxylic acids is 1. The van der Waals surface area contributed by atoms with Gasteiger partial charge in [-0.2, -0.15) is 5.10 Å². The van der Waals surface area contributed by atoms with Crippen LogP contribution in [-0.2, 0) is 6.54 Å². The van der Waals surface area contributed by atoms with E-state index in [2.05, 4.69) is 20.5 Å². The molecule has 16 heavy (non-hydrogen) atoms. The SMILES string of the molecule is O=C(O)c1[nH]nc2c1NCc1ncccc1-2. The maximum atomic E-state index is 10.9. The van der Waals surface area contributed by atoms with Gasteiger partial charge in [-0.05, 0) is 12.1 Å². The van der Waals surface area contributed by atoms with Crippen LogP contribution in [0.25, 0.3) is 11.3 Å². The highest BCUT2D eigenvalue weighted by Gasteiger charge is 2.25. The maximum absolute atomic E-state index is 10.9. The van der Waals surface area contributed by atoms with Crippen molar-refractivity contribution in [2.45, 2.75) is 6.54 Å². The lowest BCUT2D eigenvalue weighted by molar-refractivity contribution is 0.0691. The fraction of sp³-hybridized carbons (Fsp3) is 0.100. The highest BCUT2D eigenvalue weighted by atomic mass is 16.4. The van der Waals surface area contributed by atoms with Crippen LogP contribution in [0, 0.1) is 0 Å². The van der Waals surface area contributed by atoms with Gasteiger partial charge in [-0.15, -0.1) is 0 Å². The Kier molecular flexibility index (Phi) is 1.70. The van der Waals surface area contributed by atoms with E-state index in [1.54, 1.807) is 6.20 Å². The first-order valence-electron chi connectivity index (χ1n) is 4.77. The third kappa shape index (κ3) is 1.10. The Bertz CT molecular complexity index is 576. The molecule has 0 amide bonds. The summed E-state index contributed by atoms with van der Waals surface area (Å²) in [5, 5.41) is 18.5. The second-order valence-electron chi connectivity index (χ2n) is 3.48. The van der Waals surface area contributed by atoms with Crippen molar-refractivity contribution in [3.8, 4) is 11.3 Å². The number of carbonyl (C=O) groups is 1. The van der Waals surface area contributed by atoms with E-state index in [0.717, 1.165) is 11.3 Å². The number of aromatic nitrogens is 3. The van der Waals surface area contributed by atoms with E-state index in [-0.39, 0.29) is 5.69 Å². The van der Waals surface area contributed by atoms with Crippen molar-refractivity contribution in [3.63, 3.8) is 0 Å². The molecule has 0 saturated heterocycles. The molecule has 6 nitrogen and oxygen atoms in total. The lowest BCUT2D eigenvalue weighted by atomic mass is 10.0. The fourth-order valence-corrected chi connectivity index (χ4v) is 1.83. The Morgan fingerprint density at radius 3 is 3.19 bits per heavy atom. The number of hydrogen-bond donors (Lipinski definition) is 3. The van der Waals surface area contributed by atoms with Gasteiger partial charge in [-0.3, -0.25) is 10.1 Å². The molecule has 0 spiro atoms. The minimum absolute atomic E-state index is 0.0875. The van der Waals surface area contributed by atoms with Crippen molar-refractivity contribution in [1.29, 1.82) is 0 Å². The van der Waals surface area contributed by atoms with Crippen LogP contribution < -0.4 is 5.32 Å². The minimum atomic E-state index is -1.02. The summed E-state index contributed by atoms with van der Waals surface area (Å²) in [4.78, 5) is 15.1. The van der Waals surface area contributed by atoms with Crippen LogP contribution in [0.3, 0.4) is 0 Å². The van der Waals surface area contributed by atoms with Crippen molar-refractivity contribution in [2.24, 2.45) is 0 Å². The maximum Gasteiger partial charge on any atom is 0.356 e. The van der Waals surface area contributed by atoms with Gasteiger partial charge in [0.25, 0.3) is 0 Å². The standard InChI is InChI=1S/C10H8N4O2/c15-10(16)9-8-7(13-14-9)5-2-1-3-11-6(5)4-12-8/h1-3,12H,4H2,(H,13,14)(H,15,16). The second kappa shape index (κ2) is 3.06. The Hall–Kier alpha value is -2.37. The van der Waals surface area contributed by atoms with Gasteiger partial charge in [-0.1, -0.05) is 0 Å². The fourth-order valence-electron chi connectivity index (χ4n) is 1.83. The Balaban J connectivity index is 2.23. The number of carboxylic acid groups (broad SMARTS) is 1. The molecule has 1 aliphatic heterocycles. The van der Waals surface area contributed by atoms with Crippen LogP contribution in [0.4, 0.5) is 5.69 Å². The van der Waals surface area contributed by atoms with Crippen molar-refractivity contribution < 1.29 is 9.90 Å². The summed E-state index contributed by atoms with van der Waals surface area (Å²) < 4.78 is 0. The minimum Gasteiger partial charge on any atom is -0.476 e. The van der Waals surface area contributed by atoms with Gasteiger partial charge in [0, 0.05) is 11.8 Å². The van der Waals surface area contributed by atoms with E-state index in [4.69, 9.17) is 5.11 Å². The third-order valence-electron chi connectivity index (χ3n) is 2.56. The molecule has 0 atom stereocenters. The average Bonchev–Trinajstić information content (AvgIpc) is 2.73. The molecule has 0 radical (unpaired) electrons. The molecule has 0 bridgehead atoms. The molecule has 2 aromatic rings. The van der Waals surface area contributed by atoms with Crippen molar-refractivity contribution >= 4 is 11.7 Å². The number of aromatic amines is 1. The first kappa shape index (κ1) is 8.90. The number of fused-ring (bicyclic) bond motifs is 3. The van der Waals surface area contributed by atoms with E-state index in [1.807, 2.05) is 12.1 Å². The average molecular weight is 216 g/mol. The molecule has 3 heterocycles. The zero-order valence-electron chi connectivity index (χ0n) is 8.19. The monoisotopic (exact) mass is 216 g/mol. The van der Waals surface area contributed by atoms with Gasteiger partial charge in [0.1, 0.15) is 5.69 Å². The van der Waals surface area contributed by atoms with Crippen molar-refractivity contribution in [3.05, 3.63) is 29.7 Å². The van der Waals surface area contributed by atoms with E-state index >= 15 is 0 Å². The number of H-pyrrole nitrogens is 1. The molecule has 0 unspecified atom stereocenters. The lowest BCUT2D eigenvalue weighted by Gasteiger charge is -2.15. The predicted octanol–water partition coefficient (Wildman–Crippen LogP) is 1.10. The molecular weight excluding hydrogens is 208 g/mol. The molecule has 2 aromatic heterocycles. The van der Waals surface area contributed by atoms with Crippen LogP contribution in [0.15, 0.2) is 18.3 Å². The van der Waals surface area contributed by atoms with Gasteiger partial charge < -0.3 is 10.4 Å². The van der Waals surface area contributed by atoms with E-state index < -0.39 is 5.97 Å². The number of nitrogens with one attached hydrogen (secondary N) is 2. The molecule has 1 aliphatic rings. The Labute approximate surface area is 90.3 Å². The quantitative estimate of drug-likeness (QED) is 0.663. The molecule has 3 N–H and O–H groups in total. The van der Waals surface area contributed by atoms with E-state index in [1.165, 1.54) is 0 Å². The number of nitrogens with zero attached hydrogens (tertiary/aromatic N) is 2. The van der Waals surface area contributed by atoms with Gasteiger partial charge in [0.15, 0.2) is 5.69 Å². The molecular formula is C10H8N4O2. The summed E-state index contributed by atoms with van der Waals surface area (Å²) in [6, 6.07) is 3.69. The van der Waals surface area contributed by atoms with Crippen LogP contribution in [0.2, 0.25) is 0 Å². The van der Waals surface area contributed by atoms with E-state index in [9.17, 15) is 4.79 Å². The van der Waals surface area contributed by atoms with Gasteiger partial charge in [-0.25, -0.2) is 4.79 Å². The number of hydrogen-bond acceptors (Lipinski definition) is 4. The van der Waals surface area contributed by atoms with Crippen LogP contribution in [0.1, 0.15) is 16.2 Å². The van der Waals surface area contributed by atoms with Crippen LogP contribution in [-0.4, -0.2) is 26.3 Å². The first-order valence-corrected chi connectivity index (χ1v) is 4.77. The summed E-state index contributed by atoms with van der Waals surface area (Å²) in [7, 11) is 0. The summed E-state index contributed by atoms with van der Waals surface area (Å²) in [6.07, 6.45) is 1.70. The van der Waals surface area contributed by atoms with Crippen LogP contribution in [0.5, 0.6) is 0 Å². The molecule has 0 aromatic carbocycles. The molecule has 6 heteroatoms. The van der Waals surface area contributed by atoms with Crippen LogP contribution >= 0.6 is 0 Å². The summed E-state index contributed by atoms with van der Waals surface area (Å²) in [5.74, 6) is -1.02. The summed E-state index contributed by atoms with van der Waals surface area (Å²) in [5.41, 5.74) is 2.99. The number of anilines is 1. The zero-order valence-corrected chi connectivity index (χ0v) is 8.19. The third-order valence-corrected chi connectivity index (χ3v) is 2.56. The Morgan fingerprint density at radius 1 is 1.50 bits per heavy atom. The van der Waals surface area contributed by atoms with Gasteiger partial charge >= 0.3 is 5.97 Å². The zero-order chi connectivity index (χ0) is 11.1. The number of pyridine rings is 1. The number of rotatable bonds is 1. The highest BCUT2D eigenvalue weighted by molar-refractivity contribution is 5.97. The van der Waals surface area contributed by atoms with Gasteiger partial charge in [0.05, 0.1) is 17.9 Å². The molecule has 3 rings (SSSR count). The predicted molar refractivity (Wildman–Crippen MR) is 56.1 cm³/mol. The number of aromatic carboxylic acids is 1. The summed E-state index contributed by atoms with van der Waals surface area (Å²) >= 11 is 0. The topological polar surface area (TPSA) is 90.9 Å². The van der Waals surface area contributed by atoms with Gasteiger partial charge in [0.2, 0.25) is 0 Å². The van der Waals surface area contributed by atoms with Crippen molar-refractivity contribution in [1.82, 2.24) is 15.2 Å². The Morgan fingerprint density at radius 2 is 2.38 bits per heavy atom. The summed E-state index contributed by atoms with van der Waals surface area (Å²) in [6.45, 7) is 0.517. The smallest absolute Gasteiger partial charge is 0.356 e. The molecule has 0 fully saturated rings. The molecule has 0 saturated carbocycles. The normalized spacial score (nSPS) is 12.5.